The first kappa shape index (κ1) is 16.6. The summed E-state index contributed by atoms with van der Waals surface area (Å²) in [6.45, 7) is 0. The van der Waals surface area contributed by atoms with Gasteiger partial charge in [-0.15, -0.1) is 6.42 Å². The number of ether oxygens (including phenoxy) is 1. The number of aliphatic carboxylic acids is 2. The molecular formula is C12H13NO6. The molecule has 7 nitrogen and oxygen atoms in total. The highest BCUT2D eigenvalue weighted by atomic mass is 16.8. The standard InChI is InChI=1S/C10H11NO2.C2H2O4/c1-3-10(12-2,13-11)9-7-5-4-6-8-9;3-1(4)2(5)6/h1,4-8H,11H2,2H3;(H,3,4)(H,5,6). The molecular weight excluding hydrogens is 254 g/mol. The number of hydrogen-bond acceptors (Lipinski definition) is 5. The normalized spacial score (nSPS) is 12.3. The first-order valence-corrected chi connectivity index (χ1v) is 4.86. The van der Waals surface area contributed by atoms with E-state index in [-0.39, 0.29) is 0 Å². The summed E-state index contributed by atoms with van der Waals surface area (Å²) in [6.07, 6.45) is 5.28. The Morgan fingerprint density at radius 3 is 2.00 bits per heavy atom. The number of carbonyl (C=O) groups is 2. The Kier molecular flexibility index (Phi) is 6.85. The van der Waals surface area contributed by atoms with Crippen molar-refractivity contribution < 1.29 is 29.4 Å². The summed E-state index contributed by atoms with van der Waals surface area (Å²) < 4.78 is 5.04. The lowest BCUT2D eigenvalue weighted by atomic mass is 10.1. The van der Waals surface area contributed by atoms with E-state index in [0.717, 1.165) is 0 Å². The molecule has 1 aromatic carbocycles. The summed E-state index contributed by atoms with van der Waals surface area (Å²) in [5.41, 5.74) is 0.697. The Hall–Kier alpha value is -2.40. The lowest BCUT2D eigenvalue weighted by Gasteiger charge is -2.23. The molecule has 19 heavy (non-hydrogen) atoms. The minimum Gasteiger partial charge on any atom is -0.473 e. The molecule has 0 aromatic heterocycles. The molecule has 0 aliphatic heterocycles. The van der Waals surface area contributed by atoms with E-state index >= 15 is 0 Å². The third kappa shape index (κ3) is 4.77. The van der Waals surface area contributed by atoms with E-state index in [4.69, 9.17) is 36.9 Å². The predicted molar refractivity (Wildman–Crippen MR) is 64.5 cm³/mol. The van der Waals surface area contributed by atoms with Gasteiger partial charge in [-0.3, -0.25) is 4.84 Å². The zero-order valence-electron chi connectivity index (χ0n) is 10.1. The first-order valence-electron chi connectivity index (χ1n) is 4.86. The fourth-order valence-corrected chi connectivity index (χ4v) is 1.07. The molecule has 0 saturated heterocycles. The fourth-order valence-electron chi connectivity index (χ4n) is 1.07. The van der Waals surface area contributed by atoms with Crippen LogP contribution in [0.25, 0.3) is 0 Å². The van der Waals surface area contributed by atoms with Crippen LogP contribution in [0, 0.1) is 12.3 Å². The molecule has 1 atom stereocenters. The van der Waals surface area contributed by atoms with Crippen LogP contribution in [0.1, 0.15) is 5.56 Å². The summed E-state index contributed by atoms with van der Waals surface area (Å²) in [4.78, 5) is 22.9. The molecule has 0 radical (unpaired) electrons. The molecule has 1 unspecified atom stereocenters. The second-order valence-corrected chi connectivity index (χ2v) is 3.06. The van der Waals surface area contributed by atoms with Gasteiger partial charge in [0.25, 0.3) is 5.79 Å². The Bertz CT molecular complexity index is 449. The van der Waals surface area contributed by atoms with Crippen molar-refractivity contribution in [3.8, 4) is 12.3 Å². The van der Waals surface area contributed by atoms with Crippen LogP contribution in [0.5, 0.6) is 0 Å². The van der Waals surface area contributed by atoms with Gasteiger partial charge in [0.2, 0.25) is 0 Å². The van der Waals surface area contributed by atoms with E-state index < -0.39 is 17.7 Å². The molecule has 0 amide bonds. The van der Waals surface area contributed by atoms with Crippen molar-refractivity contribution in [1.29, 1.82) is 0 Å². The molecule has 1 rings (SSSR count). The van der Waals surface area contributed by atoms with Gasteiger partial charge in [0.05, 0.1) is 0 Å². The molecule has 102 valence electrons. The molecule has 0 saturated carbocycles. The van der Waals surface area contributed by atoms with Gasteiger partial charge in [0, 0.05) is 12.7 Å². The lowest BCUT2D eigenvalue weighted by molar-refractivity contribution is -0.191. The number of hydrogen-bond donors (Lipinski definition) is 3. The van der Waals surface area contributed by atoms with E-state index in [1.54, 1.807) is 12.1 Å². The number of terminal acetylenes is 1. The van der Waals surface area contributed by atoms with Crippen molar-refractivity contribution in [3.05, 3.63) is 35.9 Å². The Morgan fingerprint density at radius 1 is 1.26 bits per heavy atom. The zero-order chi connectivity index (χ0) is 14.9. The zero-order valence-corrected chi connectivity index (χ0v) is 10.1. The number of rotatable bonds is 3. The van der Waals surface area contributed by atoms with Gasteiger partial charge in [0.1, 0.15) is 0 Å². The smallest absolute Gasteiger partial charge is 0.414 e. The minimum absolute atomic E-state index is 0.697. The van der Waals surface area contributed by atoms with Crippen LogP contribution in [-0.2, 0) is 25.0 Å². The Balaban J connectivity index is 0.000000459. The monoisotopic (exact) mass is 267 g/mol. The Labute approximate surface area is 109 Å². The van der Waals surface area contributed by atoms with Crippen molar-refractivity contribution >= 4 is 11.9 Å². The maximum atomic E-state index is 9.10. The fraction of sp³-hybridized carbons (Fsp3) is 0.167. The average Bonchev–Trinajstić information content (AvgIpc) is 2.43. The van der Waals surface area contributed by atoms with Crippen molar-refractivity contribution in [1.82, 2.24) is 0 Å². The summed E-state index contributed by atoms with van der Waals surface area (Å²) >= 11 is 0. The van der Waals surface area contributed by atoms with Crippen LogP contribution in [-0.4, -0.2) is 29.3 Å². The number of carboxylic acids is 2. The molecule has 4 N–H and O–H groups in total. The van der Waals surface area contributed by atoms with Crippen LogP contribution in [0.15, 0.2) is 30.3 Å². The molecule has 0 aliphatic carbocycles. The van der Waals surface area contributed by atoms with Gasteiger partial charge in [0.15, 0.2) is 0 Å². The number of methoxy groups -OCH3 is 1. The highest BCUT2D eigenvalue weighted by Gasteiger charge is 2.29. The van der Waals surface area contributed by atoms with E-state index in [1.807, 2.05) is 18.2 Å². The molecule has 0 bridgehead atoms. The van der Waals surface area contributed by atoms with Crippen LogP contribution in [0.2, 0.25) is 0 Å². The first-order chi connectivity index (χ1) is 8.93. The molecule has 0 spiro atoms. The van der Waals surface area contributed by atoms with Gasteiger partial charge >= 0.3 is 11.9 Å². The van der Waals surface area contributed by atoms with Gasteiger partial charge in [-0.05, 0) is 5.92 Å². The van der Waals surface area contributed by atoms with Gasteiger partial charge < -0.3 is 14.9 Å². The van der Waals surface area contributed by atoms with Crippen LogP contribution in [0.3, 0.4) is 0 Å². The predicted octanol–water partition coefficient (Wildman–Crippen LogP) is 0.165. The third-order valence-electron chi connectivity index (χ3n) is 1.98. The second kappa shape index (κ2) is 7.84. The van der Waals surface area contributed by atoms with Crippen molar-refractivity contribution in [2.24, 2.45) is 5.90 Å². The largest absolute Gasteiger partial charge is 0.473 e. The molecule has 0 aliphatic rings. The number of benzene rings is 1. The van der Waals surface area contributed by atoms with Gasteiger partial charge in [-0.1, -0.05) is 30.3 Å². The van der Waals surface area contributed by atoms with Crippen molar-refractivity contribution in [3.63, 3.8) is 0 Å². The van der Waals surface area contributed by atoms with E-state index in [2.05, 4.69) is 10.8 Å². The topological polar surface area (TPSA) is 119 Å². The van der Waals surface area contributed by atoms with Crippen LogP contribution in [0.4, 0.5) is 0 Å². The summed E-state index contributed by atoms with van der Waals surface area (Å²) in [5.74, 6) is 2.53. The number of nitrogens with two attached hydrogens (primary N) is 1. The quantitative estimate of drug-likeness (QED) is 0.309. The SMILES string of the molecule is C#CC(OC)(ON)c1ccccc1.O=C(O)C(=O)O. The third-order valence-corrected chi connectivity index (χ3v) is 1.98. The van der Waals surface area contributed by atoms with Crippen LogP contribution < -0.4 is 5.90 Å². The number of carboxylic acid groups (broad SMARTS) is 2. The highest BCUT2D eigenvalue weighted by Crippen LogP contribution is 2.23. The molecule has 1 aromatic rings. The Morgan fingerprint density at radius 2 is 1.74 bits per heavy atom. The lowest BCUT2D eigenvalue weighted by Crippen LogP contribution is -2.33. The summed E-state index contributed by atoms with van der Waals surface area (Å²) in [5, 5.41) is 14.8. The van der Waals surface area contributed by atoms with Crippen LogP contribution >= 0.6 is 0 Å². The van der Waals surface area contributed by atoms with E-state index in [0.29, 0.717) is 5.56 Å². The van der Waals surface area contributed by atoms with Crippen molar-refractivity contribution in [2.75, 3.05) is 7.11 Å². The maximum absolute atomic E-state index is 9.10. The van der Waals surface area contributed by atoms with E-state index in [9.17, 15) is 0 Å². The molecule has 7 heteroatoms. The van der Waals surface area contributed by atoms with Gasteiger partial charge in [-0.2, -0.15) is 0 Å². The average molecular weight is 267 g/mol. The molecule has 0 fully saturated rings. The van der Waals surface area contributed by atoms with Gasteiger partial charge in [-0.25, -0.2) is 15.5 Å². The van der Waals surface area contributed by atoms with E-state index in [1.165, 1.54) is 7.11 Å². The summed E-state index contributed by atoms with van der Waals surface area (Å²) in [6, 6.07) is 9.11. The highest BCUT2D eigenvalue weighted by molar-refractivity contribution is 6.27. The van der Waals surface area contributed by atoms with Crippen molar-refractivity contribution in [2.45, 2.75) is 5.79 Å². The molecule has 0 heterocycles. The maximum Gasteiger partial charge on any atom is 0.414 e. The minimum atomic E-state index is -1.82. The second-order valence-electron chi connectivity index (χ2n) is 3.06. The summed E-state index contributed by atoms with van der Waals surface area (Å²) in [7, 11) is 1.44.